The van der Waals surface area contributed by atoms with Gasteiger partial charge in [0.25, 0.3) is 5.91 Å². The highest BCUT2D eigenvalue weighted by Crippen LogP contribution is 2.24. The Morgan fingerprint density at radius 3 is 2.67 bits per heavy atom. The number of nitrogens with two attached hydrogens (primary N) is 1. The monoisotopic (exact) mass is 413 g/mol. The Morgan fingerprint density at radius 2 is 2.05 bits per heavy atom. The molecule has 6 nitrogen and oxygen atoms in total. The fraction of sp³-hybridized carbons (Fsp3) is 0.154. The minimum absolute atomic E-state index is 0.302. The van der Waals surface area contributed by atoms with Crippen LogP contribution in [0, 0.1) is 0 Å². The molecule has 2 rings (SSSR count). The molecule has 1 aromatic carbocycles. The number of anilines is 3. The molecule has 0 spiro atoms. The van der Waals surface area contributed by atoms with E-state index in [-0.39, 0.29) is 5.91 Å². The quantitative estimate of drug-likeness (QED) is 0.754. The van der Waals surface area contributed by atoms with Gasteiger partial charge in [0.15, 0.2) is 5.82 Å². The van der Waals surface area contributed by atoms with E-state index in [0.717, 1.165) is 5.69 Å². The Hall–Kier alpha value is -1.67. The fourth-order valence-electron chi connectivity index (χ4n) is 1.73. The van der Waals surface area contributed by atoms with Crippen LogP contribution < -0.4 is 16.0 Å². The van der Waals surface area contributed by atoms with E-state index in [9.17, 15) is 4.79 Å². The summed E-state index contributed by atoms with van der Waals surface area (Å²) in [5.74, 6) is 0.0404. The van der Waals surface area contributed by atoms with Gasteiger partial charge >= 0.3 is 0 Å². The van der Waals surface area contributed by atoms with E-state index in [1.165, 1.54) is 6.20 Å². The molecule has 0 aliphatic heterocycles. The normalized spacial score (nSPS) is 10.3. The molecular formula is C13H13Br2N5O. The maximum absolute atomic E-state index is 12.4. The minimum atomic E-state index is -0.302. The summed E-state index contributed by atoms with van der Waals surface area (Å²) in [6.45, 7) is 0. The molecule has 21 heavy (non-hydrogen) atoms. The molecule has 1 aromatic heterocycles. The van der Waals surface area contributed by atoms with Crippen molar-refractivity contribution in [3.8, 4) is 0 Å². The van der Waals surface area contributed by atoms with Gasteiger partial charge < -0.3 is 16.0 Å². The summed E-state index contributed by atoms with van der Waals surface area (Å²) in [5.41, 5.74) is 7.52. The third-order valence-corrected chi connectivity index (χ3v) is 3.61. The number of nitrogens with zero attached hydrogens (tertiary/aromatic N) is 3. The van der Waals surface area contributed by atoms with Gasteiger partial charge in [-0.1, -0.05) is 0 Å². The average Bonchev–Trinajstić information content (AvgIpc) is 2.41. The van der Waals surface area contributed by atoms with Crippen molar-refractivity contribution >= 4 is 55.0 Å². The highest BCUT2D eigenvalue weighted by Gasteiger charge is 2.16. The molecule has 2 aromatic rings. The fourth-order valence-corrected chi connectivity index (χ4v) is 2.64. The van der Waals surface area contributed by atoms with Crippen LogP contribution in [0.1, 0.15) is 10.4 Å². The van der Waals surface area contributed by atoms with Crippen LogP contribution in [0.4, 0.5) is 17.2 Å². The summed E-state index contributed by atoms with van der Waals surface area (Å²) in [4.78, 5) is 22.5. The maximum Gasteiger partial charge on any atom is 0.259 e. The van der Waals surface area contributed by atoms with E-state index in [1.54, 1.807) is 18.2 Å². The van der Waals surface area contributed by atoms with Gasteiger partial charge in [-0.05, 0) is 50.1 Å². The average molecular weight is 415 g/mol. The largest absolute Gasteiger partial charge is 0.399 e. The summed E-state index contributed by atoms with van der Waals surface area (Å²) in [6, 6.07) is 5.18. The lowest BCUT2D eigenvalue weighted by Gasteiger charge is -2.17. The molecular weight excluding hydrogens is 402 g/mol. The van der Waals surface area contributed by atoms with Crippen molar-refractivity contribution in [1.82, 2.24) is 9.97 Å². The SMILES string of the molecule is CN(C)c1ccc(N)cc1C(=O)Nc1ncc(Br)nc1Br. The Labute approximate surface area is 139 Å². The molecule has 0 fully saturated rings. The number of nitrogens with one attached hydrogen (secondary N) is 1. The van der Waals surface area contributed by atoms with Crippen molar-refractivity contribution in [2.45, 2.75) is 0 Å². The zero-order valence-electron chi connectivity index (χ0n) is 11.4. The van der Waals surface area contributed by atoms with Crippen LogP contribution in [0.5, 0.6) is 0 Å². The molecule has 1 amide bonds. The van der Waals surface area contributed by atoms with Crippen LogP contribution in [0.25, 0.3) is 0 Å². The van der Waals surface area contributed by atoms with Crippen molar-refractivity contribution in [1.29, 1.82) is 0 Å². The van der Waals surface area contributed by atoms with E-state index >= 15 is 0 Å². The molecule has 0 unspecified atom stereocenters. The lowest BCUT2D eigenvalue weighted by Crippen LogP contribution is -2.19. The number of hydrogen-bond donors (Lipinski definition) is 2. The second-order valence-corrected chi connectivity index (χ2v) is 6.02. The molecule has 8 heteroatoms. The number of rotatable bonds is 3. The van der Waals surface area contributed by atoms with Crippen LogP contribution in [-0.2, 0) is 0 Å². The highest BCUT2D eigenvalue weighted by molar-refractivity contribution is 9.11. The summed E-state index contributed by atoms with van der Waals surface area (Å²) in [6.07, 6.45) is 1.51. The van der Waals surface area contributed by atoms with Gasteiger partial charge in [-0.15, -0.1) is 0 Å². The Bertz CT molecular complexity index is 690. The Kier molecular flexibility index (Phi) is 4.79. The van der Waals surface area contributed by atoms with Gasteiger partial charge in [-0.25, -0.2) is 9.97 Å². The Morgan fingerprint density at radius 1 is 1.33 bits per heavy atom. The first kappa shape index (κ1) is 15.7. The van der Waals surface area contributed by atoms with Gasteiger partial charge in [0, 0.05) is 25.5 Å². The van der Waals surface area contributed by atoms with Crippen molar-refractivity contribution in [3.63, 3.8) is 0 Å². The number of benzene rings is 1. The number of amides is 1. The lowest BCUT2D eigenvalue weighted by molar-refractivity contribution is 0.102. The van der Waals surface area contributed by atoms with Crippen LogP contribution in [0.2, 0.25) is 0 Å². The highest BCUT2D eigenvalue weighted by atomic mass is 79.9. The molecule has 0 radical (unpaired) electrons. The number of nitrogen functional groups attached to an aromatic ring is 1. The number of aromatic nitrogens is 2. The van der Waals surface area contributed by atoms with E-state index in [2.05, 4.69) is 47.1 Å². The van der Waals surface area contributed by atoms with E-state index in [1.807, 2.05) is 19.0 Å². The first-order valence-electron chi connectivity index (χ1n) is 5.94. The summed E-state index contributed by atoms with van der Waals surface area (Å²) in [5, 5.41) is 2.71. The molecule has 1 heterocycles. The predicted octanol–water partition coefficient (Wildman–Crippen LogP) is 2.90. The number of carbonyl (C=O) groups is 1. The summed E-state index contributed by atoms with van der Waals surface area (Å²) >= 11 is 6.46. The van der Waals surface area contributed by atoms with Crippen molar-refractivity contribution in [2.75, 3.05) is 30.0 Å². The van der Waals surface area contributed by atoms with Crippen molar-refractivity contribution in [2.24, 2.45) is 0 Å². The van der Waals surface area contributed by atoms with Gasteiger partial charge in [0.2, 0.25) is 0 Å². The maximum atomic E-state index is 12.4. The first-order valence-corrected chi connectivity index (χ1v) is 7.53. The zero-order valence-corrected chi connectivity index (χ0v) is 14.6. The van der Waals surface area contributed by atoms with Crippen molar-refractivity contribution in [3.05, 3.63) is 39.2 Å². The van der Waals surface area contributed by atoms with Crippen LogP contribution in [-0.4, -0.2) is 30.0 Å². The molecule has 0 saturated heterocycles. The van der Waals surface area contributed by atoms with Gasteiger partial charge in [-0.3, -0.25) is 4.79 Å². The minimum Gasteiger partial charge on any atom is -0.399 e. The molecule has 0 atom stereocenters. The third kappa shape index (κ3) is 3.70. The molecule has 3 N–H and O–H groups in total. The predicted molar refractivity (Wildman–Crippen MR) is 90.6 cm³/mol. The van der Waals surface area contributed by atoms with Gasteiger partial charge in [0.05, 0.1) is 11.8 Å². The van der Waals surface area contributed by atoms with Crippen LogP contribution >= 0.6 is 31.9 Å². The second kappa shape index (κ2) is 6.40. The summed E-state index contributed by atoms with van der Waals surface area (Å²) in [7, 11) is 3.72. The molecule has 0 saturated carbocycles. The number of carbonyl (C=O) groups excluding carboxylic acids is 1. The zero-order chi connectivity index (χ0) is 15.6. The van der Waals surface area contributed by atoms with Gasteiger partial charge in [-0.2, -0.15) is 0 Å². The molecule has 0 aliphatic rings. The van der Waals surface area contributed by atoms with Crippen LogP contribution in [0.3, 0.4) is 0 Å². The van der Waals surface area contributed by atoms with E-state index in [4.69, 9.17) is 5.73 Å². The topological polar surface area (TPSA) is 84.1 Å². The molecule has 110 valence electrons. The molecule has 0 aliphatic carbocycles. The number of halogens is 2. The van der Waals surface area contributed by atoms with Gasteiger partial charge in [0.1, 0.15) is 9.21 Å². The molecule has 0 bridgehead atoms. The van der Waals surface area contributed by atoms with E-state index in [0.29, 0.717) is 26.3 Å². The standard InChI is InChI=1S/C13H13Br2N5O/c1-20(2)9-4-3-7(16)5-8(9)13(21)19-12-11(15)18-10(14)6-17-12/h3-6H,16H2,1-2H3,(H,17,19,21). The summed E-state index contributed by atoms with van der Waals surface area (Å²) < 4.78 is 1.02. The first-order chi connectivity index (χ1) is 9.88. The lowest BCUT2D eigenvalue weighted by atomic mass is 10.1. The third-order valence-electron chi connectivity index (χ3n) is 2.68. The number of hydrogen-bond acceptors (Lipinski definition) is 5. The van der Waals surface area contributed by atoms with E-state index < -0.39 is 0 Å². The Balaban J connectivity index is 2.34. The second-order valence-electron chi connectivity index (χ2n) is 4.46. The van der Waals surface area contributed by atoms with Crippen molar-refractivity contribution < 1.29 is 4.79 Å². The van der Waals surface area contributed by atoms with Crippen LogP contribution in [0.15, 0.2) is 33.6 Å². The smallest absolute Gasteiger partial charge is 0.259 e.